The van der Waals surface area contributed by atoms with Gasteiger partial charge < -0.3 is 0 Å². The van der Waals surface area contributed by atoms with Gasteiger partial charge in [-0.3, -0.25) is 0 Å². The first-order chi connectivity index (χ1) is 6.18. The van der Waals surface area contributed by atoms with Gasteiger partial charge in [0.25, 0.3) is 0 Å². The molecule has 0 saturated heterocycles. The van der Waals surface area contributed by atoms with Crippen LogP contribution in [0.25, 0.3) is 0 Å². The Balaban J connectivity index is 2.38. The third-order valence-electron chi connectivity index (χ3n) is 3.23. The molecule has 2 rings (SSSR count). The van der Waals surface area contributed by atoms with Crippen LogP contribution in [-0.4, -0.2) is 0 Å². The van der Waals surface area contributed by atoms with Crippen LogP contribution < -0.4 is 0 Å². The number of rotatable bonds is 1. The molecule has 1 unspecified atom stereocenters. The van der Waals surface area contributed by atoms with Crippen LogP contribution in [0.1, 0.15) is 42.9 Å². The molecule has 0 aromatic heterocycles. The van der Waals surface area contributed by atoms with Crippen LogP contribution in [0.3, 0.4) is 0 Å². The van der Waals surface area contributed by atoms with E-state index in [4.69, 9.17) is 0 Å². The second-order valence-electron chi connectivity index (χ2n) is 4.59. The third kappa shape index (κ3) is 1.50. The Morgan fingerprint density at radius 1 is 1.31 bits per heavy atom. The van der Waals surface area contributed by atoms with Gasteiger partial charge in [-0.15, -0.1) is 0 Å². The van der Waals surface area contributed by atoms with Crippen LogP contribution in [0.5, 0.6) is 0 Å². The monoisotopic (exact) mass is 174 g/mol. The smallest absolute Gasteiger partial charge is 0.0133 e. The lowest BCUT2D eigenvalue weighted by molar-refractivity contribution is 0.496. The number of hydrogen-bond donors (Lipinski definition) is 0. The van der Waals surface area contributed by atoms with E-state index in [1.807, 2.05) is 0 Å². The predicted molar refractivity (Wildman–Crippen MR) is 57.1 cm³/mol. The molecule has 0 radical (unpaired) electrons. The summed E-state index contributed by atoms with van der Waals surface area (Å²) in [5.74, 6) is 1.61. The van der Waals surface area contributed by atoms with E-state index in [9.17, 15) is 0 Å². The van der Waals surface area contributed by atoms with Crippen molar-refractivity contribution in [3.05, 3.63) is 34.9 Å². The van der Waals surface area contributed by atoms with Crippen LogP contribution in [0.2, 0.25) is 0 Å². The zero-order chi connectivity index (χ0) is 9.42. The molecule has 1 aliphatic rings. The van der Waals surface area contributed by atoms with Gasteiger partial charge in [0.15, 0.2) is 0 Å². The van der Waals surface area contributed by atoms with Gasteiger partial charge in [0, 0.05) is 0 Å². The number of hydrogen-bond acceptors (Lipinski definition) is 0. The van der Waals surface area contributed by atoms with E-state index in [1.165, 1.54) is 18.4 Å². The summed E-state index contributed by atoms with van der Waals surface area (Å²) in [4.78, 5) is 0. The summed E-state index contributed by atoms with van der Waals surface area (Å²) in [7, 11) is 0. The minimum absolute atomic E-state index is 0.795. The normalized spacial score (nSPS) is 20.8. The maximum absolute atomic E-state index is 2.36. The standard InChI is InChI=1S/C13H18/c1-9(2)12-7-5-11-8-10(3)4-6-13(11)12/h4,6,8-9,12H,5,7H2,1-3H3. The van der Waals surface area contributed by atoms with Crippen molar-refractivity contribution < 1.29 is 0 Å². The van der Waals surface area contributed by atoms with Crippen LogP contribution >= 0.6 is 0 Å². The van der Waals surface area contributed by atoms with Crippen molar-refractivity contribution in [3.63, 3.8) is 0 Å². The third-order valence-corrected chi connectivity index (χ3v) is 3.23. The summed E-state index contributed by atoms with van der Waals surface area (Å²) in [5.41, 5.74) is 4.61. The molecule has 1 atom stereocenters. The predicted octanol–water partition coefficient (Wildman–Crippen LogP) is 3.68. The van der Waals surface area contributed by atoms with Gasteiger partial charge in [0.05, 0.1) is 0 Å². The Hall–Kier alpha value is -0.780. The maximum atomic E-state index is 2.36. The molecule has 0 spiro atoms. The van der Waals surface area contributed by atoms with Gasteiger partial charge >= 0.3 is 0 Å². The molecule has 0 amide bonds. The molecule has 0 saturated carbocycles. The zero-order valence-electron chi connectivity index (χ0n) is 8.80. The highest BCUT2D eigenvalue weighted by Crippen LogP contribution is 2.38. The van der Waals surface area contributed by atoms with Gasteiger partial charge in [-0.1, -0.05) is 37.6 Å². The molecular weight excluding hydrogens is 156 g/mol. The van der Waals surface area contributed by atoms with Gasteiger partial charge in [0.1, 0.15) is 0 Å². The molecule has 0 fully saturated rings. The summed E-state index contributed by atoms with van der Waals surface area (Å²) < 4.78 is 0. The molecule has 1 aromatic carbocycles. The van der Waals surface area contributed by atoms with E-state index >= 15 is 0 Å². The molecule has 0 N–H and O–H groups in total. The van der Waals surface area contributed by atoms with Crippen molar-refractivity contribution >= 4 is 0 Å². The van der Waals surface area contributed by atoms with Gasteiger partial charge in [-0.25, -0.2) is 0 Å². The quantitative estimate of drug-likeness (QED) is 0.609. The van der Waals surface area contributed by atoms with Crippen molar-refractivity contribution in [2.75, 3.05) is 0 Å². The number of fused-ring (bicyclic) bond motifs is 1. The lowest BCUT2D eigenvalue weighted by Crippen LogP contribution is -2.01. The van der Waals surface area contributed by atoms with Crippen LogP contribution in [0, 0.1) is 12.8 Å². The average Bonchev–Trinajstić information content (AvgIpc) is 2.46. The maximum Gasteiger partial charge on any atom is -0.0133 e. The molecule has 70 valence electrons. The second-order valence-corrected chi connectivity index (χ2v) is 4.59. The lowest BCUT2D eigenvalue weighted by Gasteiger charge is -2.15. The van der Waals surface area contributed by atoms with E-state index in [0.717, 1.165) is 11.8 Å². The first-order valence-corrected chi connectivity index (χ1v) is 5.28. The highest BCUT2D eigenvalue weighted by atomic mass is 14.3. The molecule has 0 bridgehead atoms. The van der Waals surface area contributed by atoms with E-state index in [0.29, 0.717) is 0 Å². The van der Waals surface area contributed by atoms with Crippen molar-refractivity contribution in [1.29, 1.82) is 0 Å². The topological polar surface area (TPSA) is 0 Å². The SMILES string of the molecule is Cc1ccc2c(c1)CCC2C(C)C. The highest BCUT2D eigenvalue weighted by molar-refractivity contribution is 5.38. The average molecular weight is 174 g/mol. The fourth-order valence-electron chi connectivity index (χ4n) is 2.47. The minimum Gasteiger partial charge on any atom is -0.0622 e. The van der Waals surface area contributed by atoms with Crippen molar-refractivity contribution in [2.24, 2.45) is 5.92 Å². The summed E-state index contributed by atoms with van der Waals surface area (Å²) >= 11 is 0. The fraction of sp³-hybridized carbons (Fsp3) is 0.538. The Morgan fingerprint density at radius 2 is 2.08 bits per heavy atom. The zero-order valence-corrected chi connectivity index (χ0v) is 8.80. The van der Waals surface area contributed by atoms with E-state index in [-0.39, 0.29) is 0 Å². The minimum atomic E-state index is 0.795. The second kappa shape index (κ2) is 3.17. The summed E-state index contributed by atoms with van der Waals surface area (Å²) in [6.45, 7) is 6.85. The van der Waals surface area contributed by atoms with Gasteiger partial charge in [0.2, 0.25) is 0 Å². The van der Waals surface area contributed by atoms with Crippen LogP contribution in [0.15, 0.2) is 18.2 Å². The molecule has 0 heteroatoms. The summed E-state index contributed by atoms with van der Waals surface area (Å²) in [6, 6.07) is 6.94. The van der Waals surface area contributed by atoms with E-state index in [2.05, 4.69) is 39.0 Å². The Labute approximate surface area is 81.0 Å². The fourth-order valence-corrected chi connectivity index (χ4v) is 2.47. The van der Waals surface area contributed by atoms with Crippen LogP contribution in [-0.2, 0) is 6.42 Å². The number of benzene rings is 1. The Morgan fingerprint density at radius 3 is 2.77 bits per heavy atom. The van der Waals surface area contributed by atoms with E-state index in [1.54, 1.807) is 11.1 Å². The summed E-state index contributed by atoms with van der Waals surface area (Å²) in [5, 5.41) is 0. The largest absolute Gasteiger partial charge is 0.0622 e. The first kappa shape index (κ1) is 8.80. The van der Waals surface area contributed by atoms with Gasteiger partial charge in [-0.2, -0.15) is 0 Å². The molecule has 0 nitrogen and oxygen atoms in total. The molecule has 0 aliphatic heterocycles. The summed E-state index contributed by atoms with van der Waals surface area (Å²) in [6.07, 6.45) is 2.65. The molecule has 1 aliphatic carbocycles. The lowest BCUT2D eigenvalue weighted by atomic mass is 9.90. The first-order valence-electron chi connectivity index (χ1n) is 5.28. The van der Waals surface area contributed by atoms with E-state index < -0.39 is 0 Å². The van der Waals surface area contributed by atoms with Gasteiger partial charge in [-0.05, 0) is 42.7 Å². The van der Waals surface area contributed by atoms with Crippen molar-refractivity contribution in [2.45, 2.75) is 39.5 Å². The van der Waals surface area contributed by atoms with Crippen LogP contribution in [0.4, 0.5) is 0 Å². The molecule has 1 aromatic rings. The Bertz CT molecular complexity index is 310. The Kier molecular flexibility index (Phi) is 2.15. The number of aryl methyl sites for hydroxylation is 2. The highest BCUT2D eigenvalue weighted by Gasteiger charge is 2.24. The van der Waals surface area contributed by atoms with Crippen molar-refractivity contribution in [1.82, 2.24) is 0 Å². The molecule has 13 heavy (non-hydrogen) atoms. The van der Waals surface area contributed by atoms with Crippen molar-refractivity contribution in [3.8, 4) is 0 Å². The molecular formula is C13H18. The molecule has 0 heterocycles.